The van der Waals surface area contributed by atoms with E-state index in [1.165, 1.54) is 39.5 Å². The third-order valence-corrected chi connectivity index (χ3v) is 5.55. The Morgan fingerprint density at radius 2 is 2.32 bits per heavy atom. The predicted octanol–water partition coefficient (Wildman–Crippen LogP) is 3.71. The van der Waals surface area contributed by atoms with E-state index < -0.39 is 0 Å². The number of thiophene rings is 2. The second-order valence-electron chi connectivity index (χ2n) is 4.97. The van der Waals surface area contributed by atoms with Crippen LogP contribution in [0.1, 0.15) is 32.4 Å². The van der Waals surface area contributed by atoms with Gasteiger partial charge < -0.3 is 9.15 Å². The van der Waals surface area contributed by atoms with Crippen molar-refractivity contribution >= 4 is 28.6 Å². The van der Waals surface area contributed by atoms with Crippen LogP contribution in [0.15, 0.2) is 28.0 Å². The summed E-state index contributed by atoms with van der Waals surface area (Å²) in [5.41, 5.74) is 1.29. The van der Waals surface area contributed by atoms with Gasteiger partial charge in [-0.1, -0.05) is 6.07 Å². The van der Waals surface area contributed by atoms with Crippen LogP contribution in [-0.2, 0) is 24.2 Å². The Morgan fingerprint density at radius 3 is 3.14 bits per heavy atom. The van der Waals surface area contributed by atoms with E-state index in [9.17, 15) is 4.79 Å². The lowest BCUT2D eigenvalue weighted by molar-refractivity contribution is 0.0444. The van der Waals surface area contributed by atoms with E-state index in [1.54, 1.807) is 0 Å². The topological polar surface area (TPSA) is 65.2 Å². The molecular formula is C15H12N2O3S2. The lowest BCUT2D eigenvalue weighted by atomic mass is 10.2. The van der Waals surface area contributed by atoms with Gasteiger partial charge in [0.05, 0.1) is 4.88 Å². The molecule has 0 saturated heterocycles. The van der Waals surface area contributed by atoms with Crippen LogP contribution in [0.5, 0.6) is 0 Å². The van der Waals surface area contributed by atoms with Crippen LogP contribution in [0.3, 0.4) is 0 Å². The molecule has 0 atom stereocenters. The Labute approximate surface area is 134 Å². The van der Waals surface area contributed by atoms with Crippen molar-refractivity contribution in [3.8, 4) is 10.8 Å². The van der Waals surface area contributed by atoms with E-state index in [2.05, 4.69) is 10.2 Å². The molecule has 112 valence electrons. The highest BCUT2D eigenvalue weighted by Crippen LogP contribution is 2.31. The second kappa shape index (κ2) is 5.66. The van der Waals surface area contributed by atoms with E-state index >= 15 is 0 Å². The highest BCUT2D eigenvalue weighted by molar-refractivity contribution is 7.14. The van der Waals surface area contributed by atoms with Crippen LogP contribution in [0.2, 0.25) is 0 Å². The molecule has 0 radical (unpaired) electrons. The number of rotatable bonds is 4. The number of fused-ring (bicyclic) bond motifs is 1. The average molecular weight is 332 g/mol. The van der Waals surface area contributed by atoms with Gasteiger partial charge in [-0.2, -0.15) is 0 Å². The van der Waals surface area contributed by atoms with Crippen molar-refractivity contribution in [1.82, 2.24) is 10.2 Å². The van der Waals surface area contributed by atoms with E-state index in [4.69, 9.17) is 9.15 Å². The first kappa shape index (κ1) is 13.7. The molecule has 7 heteroatoms. The smallest absolute Gasteiger partial charge is 0.348 e. The van der Waals surface area contributed by atoms with Gasteiger partial charge in [0.15, 0.2) is 6.61 Å². The van der Waals surface area contributed by atoms with Crippen LogP contribution >= 0.6 is 22.7 Å². The van der Waals surface area contributed by atoms with E-state index in [1.807, 2.05) is 23.6 Å². The summed E-state index contributed by atoms with van der Waals surface area (Å²) in [6, 6.07) is 5.77. The van der Waals surface area contributed by atoms with Gasteiger partial charge in [0.25, 0.3) is 11.8 Å². The number of hydrogen-bond acceptors (Lipinski definition) is 7. The summed E-state index contributed by atoms with van der Waals surface area (Å²) >= 11 is 3.05. The van der Waals surface area contributed by atoms with E-state index in [-0.39, 0.29) is 12.6 Å². The lowest BCUT2D eigenvalue weighted by Gasteiger charge is -1.99. The van der Waals surface area contributed by atoms with Crippen molar-refractivity contribution < 1.29 is 13.9 Å². The fraction of sp³-hybridized carbons (Fsp3) is 0.267. The fourth-order valence-corrected chi connectivity index (χ4v) is 4.23. The van der Waals surface area contributed by atoms with Gasteiger partial charge in [-0.05, 0) is 42.3 Å². The molecule has 0 aromatic carbocycles. The van der Waals surface area contributed by atoms with Crippen molar-refractivity contribution in [1.29, 1.82) is 0 Å². The molecule has 0 spiro atoms. The van der Waals surface area contributed by atoms with Crippen LogP contribution in [-0.4, -0.2) is 16.2 Å². The second-order valence-corrected chi connectivity index (χ2v) is 7.05. The molecule has 1 aliphatic rings. The van der Waals surface area contributed by atoms with Crippen LogP contribution in [0.4, 0.5) is 0 Å². The highest BCUT2D eigenvalue weighted by Gasteiger charge is 2.20. The van der Waals surface area contributed by atoms with Gasteiger partial charge in [-0.25, -0.2) is 4.79 Å². The zero-order valence-corrected chi connectivity index (χ0v) is 13.2. The number of nitrogens with zero attached hydrogens (tertiary/aromatic N) is 2. The van der Waals surface area contributed by atoms with E-state index in [0.29, 0.717) is 16.7 Å². The molecule has 3 aromatic heterocycles. The Morgan fingerprint density at radius 1 is 1.36 bits per heavy atom. The largest absolute Gasteiger partial charge is 0.451 e. The molecule has 22 heavy (non-hydrogen) atoms. The molecule has 3 aromatic rings. The summed E-state index contributed by atoms with van der Waals surface area (Å²) in [4.78, 5) is 14.9. The van der Waals surface area contributed by atoms with Gasteiger partial charge in [-0.15, -0.1) is 32.9 Å². The maximum absolute atomic E-state index is 12.1. The number of aromatic nitrogens is 2. The predicted molar refractivity (Wildman–Crippen MR) is 83.1 cm³/mol. The summed E-state index contributed by atoms with van der Waals surface area (Å²) in [6.07, 6.45) is 3.32. The SMILES string of the molecule is O=C(OCc1nnc(-c2cccs2)o1)c1cc2c(s1)CCC2. The zero-order valence-electron chi connectivity index (χ0n) is 11.6. The molecule has 5 nitrogen and oxygen atoms in total. The van der Waals surface area contributed by atoms with Crippen LogP contribution in [0.25, 0.3) is 10.8 Å². The zero-order chi connectivity index (χ0) is 14.9. The molecule has 0 unspecified atom stereocenters. The summed E-state index contributed by atoms with van der Waals surface area (Å²) in [7, 11) is 0. The minimum atomic E-state index is -0.324. The average Bonchev–Trinajstić information content (AvgIpc) is 3.26. The molecule has 4 rings (SSSR count). The molecule has 0 bridgehead atoms. The van der Waals surface area contributed by atoms with Crippen molar-refractivity contribution in [3.05, 3.63) is 44.8 Å². The number of esters is 1. The van der Waals surface area contributed by atoms with Crippen LogP contribution in [0, 0.1) is 0 Å². The Hall–Kier alpha value is -1.99. The van der Waals surface area contributed by atoms with Crippen molar-refractivity contribution in [2.24, 2.45) is 0 Å². The maximum atomic E-state index is 12.1. The third-order valence-electron chi connectivity index (χ3n) is 3.47. The molecule has 0 saturated carbocycles. The summed E-state index contributed by atoms with van der Waals surface area (Å²) in [5, 5.41) is 9.80. The van der Waals surface area contributed by atoms with E-state index in [0.717, 1.165) is 17.7 Å². The third kappa shape index (κ3) is 2.57. The first-order chi connectivity index (χ1) is 10.8. The number of carbonyl (C=O) groups is 1. The normalized spacial score (nSPS) is 13.3. The van der Waals surface area contributed by atoms with Gasteiger partial charge in [0.2, 0.25) is 0 Å². The summed E-state index contributed by atoms with van der Waals surface area (Å²) in [5.74, 6) is 0.437. The standard InChI is InChI=1S/C15H12N2O3S2/c18-15(12-7-9-3-1-4-10(9)22-12)19-8-13-16-17-14(20-13)11-5-2-6-21-11/h2,5-7H,1,3-4,8H2. The Balaban J connectivity index is 1.40. The maximum Gasteiger partial charge on any atom is 0.348 e. The number of hydrogen-bond donors (Lipinski definition) is 0. The minimum absolute atomic E-state index is 0.000223. The van der Waals surface area contributed by atoms with Crippen LogP contribution < -0.4 is 0 Å². The number of carbonyl (C=O) groups excluding carboxylic acids is 1. The van der Waals surface area contributed by atoms with Gasteiger partial charge in [0, 0.05) is 4.88 Å². The molecule has 0 amide bonds. The van der Waals surface area contributed by atoms with Gasteiger partial charge in [-0.3, -0.25) is 0 Å². The fourth-order valence-electron chi connectivity index (χ4n) is 2.44. The summed E-state index contributed by atoms with van der Waals surface area (Å²) < 4.78 is 10.8. The quantitative estimate of drug-likeness (QED) is 0.682. The summed E-state index contributed by atoms with van der Waals surface area (Å²) in [6.45, 7) is -0.000223. The first-order valence-corrected chi connectivity index (χ1v) is 8.64. The number of aryl methyl sites for hydroxylation is 2. The molecule has 3 heterocycles. The highest BCUT2D eigenvalue weighted by atomic mass is 32.1. The van der Waals surface area contributed by atoms with Crippen molar-refractivity contribution in [2.45, 2.75) is 25.9 Å². The molecule has 0 aliphatic heterocycles. The lowest BCUT2D eigenvalue weighted by Crippen LogP contribution is -2.03. The van der Waals surface area contributed by atoms with Gasteiger partial charge in [0.1, 0.15) is 4.88 Å². The van der Waals surface area contributed by atoms with Gasteiger partial charge >= 0.3 is 5.97 Å². The number of ether oxygens (including phenoxy) is 1. The van der Waals surface area contributed by atoms with Crippen molar-refractivity contribution in [3.63, 3.8) is 0 Å². The molecule has 0 fully saturated rings. The Bertz CT molecular complexity index is 783. The molecular weight excluding hydrogens is 320 g/mol. The Kier molecular flexibility index (Phi) is 3.51. The molecule has 1 aliphatic carbocycles. The van der Waals surface area contributed by atoms with Crippen molar-refractivity contribution in [2.75, 3.05) is 0 Å². The monoisotopic (exact) mass is 332 g/mol. The molecule has 0 N–H and O–H groups in total. The minimum Gasteiger partial charge on any atom is -0.451 e. The first-order valence-electron chi connectivity index (χ1n) is 6.94.